The van der Waals surface area contributed by atoms with E-state index in [9.17, 15) is 9.59 Å². The van der Waals surface area contributed by atoms with E-state index in [-0.39, 0.29) is 11.8 Å². The number of hydrogen-bond acceptors (Lipinski definition) is 3. The van der Waals surface area contributed by atoms with E-state index in [1.807, 2.05) is 24.3 Å². The van der Waals surface area contributed by atoms with Crippen LogP contribution in [0.4, 0.5) is 5.69 Å². The molecule has 2 unspecified atom stereocenters. The number of aliphatic carboxylic acids is 1. The zero-order chi connectivity index (χ0) is 16.1. The van der Waals surface area contributed by atoms with Crippen LogP contribution in [-0.2, 0) is 9.59 Å². The van der Waals surface area contributed by atoms with Crippen molar-refractivity contribution < 1.29 is 14.7 Å². The molecule has 2 N–H and O–H groups in total. The molecular weight excluding hydrogens is 348 g/mol. The Morgan fingerprint density at radius 3 is 2.64 bits per heavy atom. The number of rotatable bonds is 5. The third-order valence-electron chi connectivity index (χ3n) is 3.87. The molecule has 1 heterocycles. The highest BCUT2D eigenvalue weighted by atomic mass is 79.9. The van der Waals surface area contributed by atoms with Crippen molar-refractivity contribution in [2.75, 3.05) is 25.0 Å². The molecule has 5 nitrogen and oxygen atoms in total. The van der Waals surface area contributed by atoms with Gasteiger partial charge in [-0.3, -0.25) is 9.59 Å². The van der Waals surface area contributed by atoms with Gasteiger partial charge >= 0.3 is 5.97 Å². The van der Waals surface area contributed by atoms with Gasteiger partial charge < -0.3 is 15.3 Å². The summed E-state index contributed by atoms with van der Waals surface area (Å²) in [7, 11) is 0. The lowest BCUT2D eigenvalue weighted by atomic mass is 9.90. The van der Waals surface area contributed by atoms with Crippen LogP contribution in [-0.4, -0.2) is 41.5 Å². The van der Waals surface area contributed by atoms with Crippen LogP contribution in [0.3, 0.4) is 0 Å². The summed E-state index contributed by atoms with van der Waals surface area (Å²) in [5.41, 5.74) is 0.767. The maximum absolute atomic E-state index is 12.0. The molecule has 2 atom stereocenters. The zero-order valence-corrected chi connectivity index (χ0v) is 14.2. The average Bonchev–Trinajstić information content (AvgIpc) is 2.47. The fraction of sp³-hybridized carbons (Fsp3) is 0.500. The van der Waals surface area contributed by atoms with Crippen LogP contribution in [0.5, 0.6) is 0 Å². The number of amides is 1. The molecule has 6 heteroatoms. The fourth-order valence-electron chi connectivity index (χ4n) is 2.84. The second-order valence-corrected chi connectivity index (χ2v) is 6.86. The summed E-state index contributed by atoms with van der Waals surface area (Å²) in [6, 6.07) is 7.43. The first-order valence-corrected chi connectivity index (χ1v) is 8.24. The van der Waals surface area contributed by atoms with Crippen molar-refractivity contribution in [1.82, 2.24) is 4.90 Å². The van der Waals surface area contributed by atoms with Gasteiger partial charge in [-0.1, -0.05) is 22.9 Å². The number of anilines is 1. The topological polar surface area (TPSA) is 69.6 Å². The number of nitrogens with one attached hydrogen (secondary N) is 1. The van der Waals surface area contributed by atoms with Crippen LogP contribution in [0.25, 0.3) is 0 Å². The van der Waals surface area contributed by atoms with E-state index in [2.05, 4.69) is 33.1 Å². The minimum atomic E-state index is -0.740. The Labute approximate surface area is 138 Å². The Morgan fingerprint density at radius 1 is 1.32 bits per heavy atom. The first-order valence-electron chi connectivity index (χ1n) is 7.44. The number of halogens is 1. The van der Waals surface area contributed by atoms with Gasteiger partial charge in [-0.2, -0.15) is 0 Å². The Hall–Kier alpha value is -1.40. The minimum Gasteiger partial charge on any atom is -0.481 e. The van der Waals surface area contributed by atoms with Gasteiger partial charge in [-0.15, -0.1) is 0 Å². The van der Waals surface area contributed by atoms with E-state index in [0.29, 0.717) is 25.4 Å². The van der Waals surface area contributed by atoms with E-state index >= 15 is 0 Å². The highest BCUT2D eigenvalue weighted by Crippen LogP contribution is 2.22. The average molecular weight is 369 g/mol. The van der Waals surface area contributed by atoms with Crippen molar-refractivity contribution in [3.8, 4) is 0 Å². The quantitative estimate of drug-likeness (QED) is 0.838. The summed E-state index contributed by atoms with van der Waals surface area (Å²) >= 11 is 3.35. The molecule has 0 bridgehead atoms. The van der Waals surface area contributed by atoms with E-state index < -0.39 is 5.97 Å². The summed E-state index contributed by atoms with van der Waals surface area (Å²) < 4.78 is 0.965. The van der Waals surface area contributed by atoms with Crippen LogP contribution in [0.2, 0.25) is 0 Å². The molecule has 1 aromatic rings. The lowest BCUT2D eigenvalue weighted by Crippen LogP contribution is -2.43. The molecule has 2 rings (SSSR count). The normalized spacial score (nSPS) is 22.3. The molecule has 1 fully saturated rings. The van der Waals surface area contributed by atoms with Gasteiger partial charge in [0.05, 0.1) is 5.92 Å². The number of carboxylic acids is 1. The molecule has 1 amide bonds. The van der Waals surface area contributed by atoms with Crippen LogP contribution < -0.4 is 5.32 Å². The molecule has 0 radical (unpaired) electrons. The summed E-state index contributed by atoms with van der Waals surface area (Å²) in [6.07, 6.45) is 1.09. The van der Waals surface area contributed by atoms with Crippen LogP contribution in [0.15, 0.2) is 28.7 Å². The highest BCUT2D eigenvalue weighted by molar-refractivity contribution is 9.10. The van der Waals surface area contributed by atoms with E-state index in [4.69, 9.17) is 5.11 Å². The molecular formula is C16H21BrN2O3. The fourth-order valence-corrected chi connectivity index (χ4v) is 3.10. The zero-order valence-electron chi connectivity index (χ0n) is 12.6. The van der Waals surface area contributed by atoms with Crippen LogP contribution in [0.1, 0.15) is 19.8 Å². The van der Waals surface area contributed by atoms with Crippen LogP contribution in [0, 0.1) is 11.8 Å². The number of likely N-dealkylation sites (tertiary alicyclic amines) is 1. The summed E-state index contributed by atoms with van der Waals surface area (Å²) in [6.45, 7) is 4.04. The largest absolute Gasteiger partial charge is 0.481 e. The van der Waals surface area contributed by atoms with Crippen molar-refractivity contribution in [1.29, 1.82) is 0 Å². The second-order valence-electron chi connectivity index (χ2n) is 5.94. The van der Waals surface area contributed by atoms with Gasteiger partial charge in [0, 0.05) is 36.2 Å². The number of nitrogens with zero attached hydrogens (tertiary/aromatic N) is 1. The first-order chi connectivity index (χ1) is 10.4. The van der Waals surface area contributed by atoms with Gasteiger partial charge in [0.1, 0.15) is 0 Å². The Kier molecular flexibility index (Phi) is 5.97. The Morgan fingerprint density at radius 2 is 2.00 bits per heavy atom. The molecule has 0 aromatic heterocycles. The number of benzene rings is 1. The lowest BCUT2D eigenvalue weighted by Gasteiger charge is -2.34. The lowest BCUT2D eigenvalue weighted by molar-refractivity contribution is -0.144. The molecule has 1 aliphatic heterocycles. The van der Waals surface area contributed by atoms with Gasteiger partial charge in [0.2, 0.25) is 5.91 Å². The number of hydrogen-bond donors (Lipinski definition) is 2. The standard InChI is InChI=1S/C16H21BrN2O3/c1-11-8-12(16(21)22)10-19(9-11)7-6-15(20)18-14-4-2-13(17)3-5-14/h2-5,11-12H,6-10H2,1H3,(H,18,20)(H,21,22). The molecule has 1 aliphatic rings. The second kappa shape index (κ2) is 7.74. The van der Waals surface area contributed by atoms with Crippen molar-refractivity contribution in [3.63, 3.8) is 0 Å². The van der Waals surface area contributed by atoms with E-state index in [1.165, 1.54) is 0 Å². The van der Waals surface area contributed by atoms with Gasteiger partial charge in [-0.25, -0.2) is 0 Å². The summed E-state index contributed by atoms with van der Waals surface area (Å²) in [5, 5.41) is 12.0. The third kappa shape index (κ3) is 5.10. The molecule has 22 heavy (non-hydrogen) atoms. The van der Waals surface area contributed by atoms with Crippen molar-refractivity contribution in [2.45, 2.75) is 19.8 Å². The molecule has 1 saturated heterocycles. The monoisotopic (exact) mass is 368 g/mol. The molecule has 0 spiro atoms. The van der Waals surface area contributed by atoms with E-state index in [0.717, 1.165) is 23.1 Å². The molecule has 0 saturated carbocycles. The maximum atomic E-state index is 12.0. The summed E-state index contributed by atoms with van der Waals surface area (Å²) in [4.78, 5) is 25.2. The van der Waals surface area contributed by atoms with Crippen molar-refractivity contribution in [2.24, 2.45) is 11.8 Å². The van der Waals surface area contributed by atoms with Crippen molar-refractivity contribution in [3.05, 3.63) is 28.7 Å². The predicted molar refractivity (Wildman–Crippen MR) is 88.7 cm³/mol. The number of piperidine rings is 1. The molecule has 120 valence electrons. The van der Waals surface area contributed by atoms with Crippen molar-refractivity contribution >= 4 is 33.5 Å². The number of carboxylic acid groups (broad SMARTS) is 1. The molecule has 0 aliphatic carbocycles. The highest BCUT2D eigenvalue weighted by Gasteiger charge is 2.29. The number of carbonyl (C=O) groups is 2. The Bertz CT molecular complexity index is 533. The first kappa shape index (κ1) is 17.0. The minimum absolute atomic E-state index is 0.0487. The maximum Gasteiger partial charge on any atom is 0.307 e. The van der Waals surface area contributed by atoms with Gasteiger partial charge in [0.25, 0.3) is 0 Å². The van der Waals surface area contributed by atoms with E-state index in [1.54, 1.807) is 0 Å². The Balaban J connectivity index is 1.80. The van der Waals surface area contributed by atoms with Gasteiger partial charge in [0.15, 0.2) is 0 Å². The predicted octanol–water partition coefficient (Wildman–Crippen LogP) is 2.82. The molecule has 1 aromatic carbocycles. The third-order valence-corrected chi connectivity index (χ3v) is 4.40. The smallest absolute Gasteiger partial charge is 0.307 e. The van der Waals surface area contributed by atoms with Gasteiger partial charge in [-0.05, 0) is 36.6 Å². The summed E-state index contributed by atoms with van der Waals surface area (Å²) in [5.74, 6) is -0.758. The SMILES string of the molecule is CC1CC(C(=O)O)CN(CCC(=O)Nc2ccc(Br)cc2)C1. The number of carbonyl (C=O) groups excluding carboxylic acids is 1. The van der Waals surface area contributed by atoms with Crippen LogP contribution >= 0.6 is 15.9 Å².